The van der Waals surface area contributed by atoms with Crippen LogP contribution in [-0.2, 0) is 11.3 Å². The second-order valence-electron chi connectivity index (χ2n) is 6.51. The molecule has 2 aromatic carbocycles. The van der Waals surface area contributed by atoms with E-state index in [0.717, 1.165) is 43.3 Å². The molecule has 0 aliphatic carbocycles. The van der Waals surface area contributed by atoms with Gasteiger partial charge >= 0.3 is 0 Å². The molecule has 148 valence electrons. The van der Waals surface area contributed by atoms with Crippen molar-refractivity contribution in [2.75, 3.05) is 26.2 Å². The highest BCUT2D eigenvalue weighted by Gasteiger charge is 2.23. The summed E-state index contributed by atoms with van der Waals surface area (Å²) in [6.45, 7) is 4.12. The summed E-state index contributed by atoms with van der Waals surface area (Å²) in [7, 11) is 0. The zero-order valence-electron chi connectivity index (χ0n) is 15.1. The maximum Gasteiger partial charge on any atom is 0.224 e. The highest BCUT2D eigenvalue weighted by molar-refractivity contribution is 6.30. The Morgan fingerprint density at radius 1 is 1.00 bits per heavy atom. The van der Waals surface area contributed by atoms with Crippen LogP contribution >= 0.6 is 36.4 Å². The van der Waals surface area contributed by atoms with Crippen molar-refractivity contribution in [3.05, 3.63) is 70.7 Å². The quantitative estimate of drug-likeness (QED) is 0.782. The fraction of sp³-hybridized carbons (Fsp3) is 0.350. The molecule has 1 heterocycles. The van der Waals surface area contributed by atoms with Gasteiger partial charge in [0.05, 0.1) is 0 Å². The predicted molar refractivity (Wildman–Crippen MR) is 116 cm³/mol. The molecule has 1 amide bonds. The van der Waals surface area contributed by atoms with Gasteiger partial charge in [0.25, 0.3) is 0 Å². The van der Waals surface area contributed by atoms with Gasteiger partial charge in [-0.1, -0.05) is 54.1 Å². The van der Waals surface area contributed by atoms with Crippen LogP contribution in [0.15, 0.2) is 54.6 Å². The molecule has 1 unspecified atom stereocenters. The summed E-state index contributed by atoms with van der Waals surface area (Å²) >= 11 is 6.04. The average molecular weight is 431 g/mol. The summed E-state index contributed by atoms with van der Waals surface area (Å²) < 4.78 is 0. The van der Waals surface area contributed by atoms with Gasteiger partial charge in [-0.2, -0.15) is 0 Å². The monoisotopic (exact) mass is 429 g/mol. The molecule has 2 aromatic rings. The molecule has 4 nitrogen and oxygen atoms in total. The molecular formula is C20H26Cl3N3O. The van der Waals surface area contributed by atoms with Gasteiger partial charge in [-0.3, -0.25) is 9.69 Å². The minimum absolute atomic E-state index is 0. The lowest BCUT2D eigenvalue weighted by molar-refractivity contribution is -0.133. The summed E-state index contributed by atoms with van der Waals surface area (Å²) in [5.74, 6) is 0.138. The van der Waals surface area contributed by atoms with Gasteiger partial charge in [0.15, 0.2) is 0 Å². The standard InChI is InChI=1S/C20H24ClN3O.2ClH/c21-18-8-4-5-16(13-18)15-23-9-11-24(12-10-23)20(25)14-19(22)17-6-2-1-3-7-17;;/h1-8,13,19H,9-12,14-15,22H2;2*1H. The number of carbonyl (C=O) groups excluding carboxylic acids is 1. The van der Waals surface area contributed by atoms with E-state index in [0.29, 0.717) is 6.42 Å². The van der Waals surface area contributed by atoms with E-state index in [2.05, 4.69) is 11.0 Å². The fourth-order valence-electron chi connectivity index (χ4n) is 3.18. The van der Waals surface area contributed by atoms with Crippen LogP contribution in [-0.4, -0.2) is 41.9 Å². The molecule has 1 aliphatic rings. The number of amides is 1. The first-order chi connectivity index (χ1) is 12.1. The lowest BCUT2D eigenvalue weighted by atomic mass is 10.0. The first-order valence-electron chi connectivity index (χ1n) is 8.67. The minimum Gasteiger partial charge on any atom is -0.340 e. The third kappa shape index (κ3) is 6.98. The van der Waals surface area contributed by atoms with Crippen molar-refractivity contribution in [2.45, 2.75) is 19.0 Å². The molecule has 27 heavy (non-hydrogen) atoms. The normalized spacial score (nSPS) is 15.4. The van der Waals surface area contributed by atoms with Gasteiger partial charge in [0.1, 0.15) is 0 Å². The van der Waals surface area contributed by atoms with Crippen molar-refractivity contribution in [3.63, 3.8) is 0 Å². The van der Waals surface area contributed by atoms with Crippen molar-refractivity contribution in [3.8, 4) is 0 Å². The van der Waals surface area contributed by atoms with E-state index in [1.165, 1.54) is 5.56 Å². The third-order valence-corrected chi connectivity index (χ3v) is 4.88. The Kier molecular flexibility index (Phi) is 10.1. The van der Waals surface area contributed by atoms with Crippen LogP contribution in [0.2, 0.25) is 5.02 Å². The SMILES string of the molecule is Cl.Cl.NC(CC(=O)N1CCN(Cc2cccc(Cl)c2)CC1)c1ccccc1. The Bertz CT molecular complexity index is 707. The molecule has 0 saturated carbocycles. The van der Waals surface area contributed by atoms with Crippen LogP contribution in [0.3, 0.4) is 0 Å². The Morgan fingerprint density at radius 2 is 1.67 bits per heavy atom. The maximum absolute atomic E-state index is 12.5. The van der Waals surface area contributed by atoms with E-state index in [1.807, 2.05) is 53.4 Å². The summed E-state index contributed by atoms with van der Waals surface area (Å²) in [4.78, 5) is 16.8. The van der Waals surface area contributed by atoms with Crippen molar-refractivity contribution in [1.29, 1.82) is 0 Å². The van der Waals surface area contributed by atoms with Crippen LogP contribution in [0.4, 0.5) is 0 Å². The molecule has 0 bridgehead atoms. The molecule has 1 atom stereocenters. The summed E-state index contributed by atoms with van der Waals surface area (Å²) in [5, 5.41) is 0.765. The molecule has 0 radical (unpaired) electrons. The molecule has 0 spiro atoms. The second kappa shape index (κ2) is 11.5. The van der Waals surface area contributed by atoms with Crippen LogP contribution in [0.25, 0.3) is 0 Å². The number of nitrogens with zero attached hydrogens (tertiary/aromatic N) is 2. The predicted octanol–water partition coefficient (Wildman–Crippen LogP) is 3.92. The number of hydrogen-bond acceptors (Lipinski definition) is 3. The summed E-state index contributed by atoms with van der Waals surface area (Å²) in [6, 6.07) is 17.5. The zero-order valence-corrected chi connectivity index (χ0v) is 17.5. The van der Waals surface area contributed by atoms with Crippen LogP contribution in [0.5, 0.6) is 0 Å². The van der Waals surface area contributed by atoms with Gasteiger partial charge in [-0.05, 0) is 23.3 Å². The number of benzene rings is 2. The Hall–Kier alpha value is -1.30. The molecule has 0 aromatic heterocycles. The van der Waals surface area contributed by atoms with Gasteiger partial charge in [0.2, 0.25) is 5.91 Å². The van der Waals surface area contributed by atoms with Gasteiger partial charge < -0.3 is 10.6 Å². The minimum atomic E-state index is -0.238. The number of rotatable bonds is 5. The largest absolute Gasteiger partial charge is 0.340 e. The maximum atomic E-state index is 12.5. The fourth-order valence-corrected chi connectivity index (χ4v) is 3.40. The first-order valence-corrected chi connectivity index (χ1v) is 9.05. The molecule has 7 heteroatoms. The smallest absolute Gasteiger partial charge is 0.224 e. The lowest BCUT2D eigenvalue weighted by Crippen LogP contribution is -2.48. The van der Waals surface area contributed by atoms with E-state index < -0.39 is 0 Å². The average Bonchev–Trinajstić information content (AvgIpc) is 2.63. The molecule has 1 aliphatic heterocycles. The van der Waals surface area contributed by atoms with Crippen molar-refractivity contribution < 1.29 is 4.79 Å². The second-order valence-corrected chi connectivity index (χ2v) is 6.94. The van der Waals surface area contributed by atoms with E-state index in [1.54, 1.807) is 0 Å². The Morgan fingerprint density at radius 3 is 2.30 bits per heavy atom. The van der Waals surface area contributed by atoms with Crippen molar-refractivity contribution in [2.24, 2.45) is 5.73 Å². The zero-order chi connectivity index (χ0) is 17.6. The Balaban J connectivity index is 0.00000182. The van der Waals surface area contributed by atoms with Gasteiger partial charge in [-0.15, -0.1) is 24.8 Å². The summed E-state index contributed by atoms with van der Waals surface area (Å²) in [5.41, 5.74) is 8.39. The number of hydrogen-bond donors (Lipinski definition) is 1. The molecule has 3 rings (SSSR count). The molecular weight excluding hydrogens is 405 g/mol. The molecule has 2 N–H and O–H groups in total. The van der Waals surface area contributed by atoms with E-state index in [9.17, 15) is 4.79 Å². The number of carbonyl (C=O) groups is 1. The Labute approximate surface area is 178 Å². The van der Waals surface area contributed by atoms with E-state index in [4.69, 9.17) is 17.3 Å². The van der Waals surface area contributed by atoms with E-state index >= 15 is 0 Å². The highest BCUT2D eigenvalue weighted by Crippen LogP contribution is 2.17. The van der Waals surface area contributed by atoms with Gasteiger partial charge in [-0.25, -0.2) is 0 Å². The number of halogens is 3. The van der Waals surface area contributed by atoms with Crippen LogP contribution in [0, 0.1) is 0 Å². The van der Waals surface area contributed by atoms with Crippen LogP contribution in [0.1, 0.15) is 23.6 Å². The topological polar surface area (TPSA) is 49.6 Å². The van der Waals surface area contributed by atoms with E-state index in [-0.39, 0.29) is 36.8 Å². The molecule has 1 saturated heterocycles. The summed E-state index contributed by atoms with van der Waals surface area (Å²) in [6.07, 6.45) is 0.359. The van der Waals surface area contributed by atoms with Crippen LogP contribution < -0.4 is 5.73 Å². The van der Waals surface area contributed by atoms with Crippen molar-refractivity contribution in [1.82, 2.24) is 9.80 Å². The van der Waals surface area contributed by atoms with Gasteiger partial charge in [0, 0.05) is 50.2 Å². The first kappa shape index (κ1) is 23.7. The number of nitrogens with two attached hydrogens (primary N) is 1. The molecule has 1 fully saturated rings. The number of piperazine rings is 1. The highest BCUT2D eigenvalue weighted by atomic mass is 35.5. The third-order valence-electron chi connectivity index (χ3n) is 4.64. The van der Waals surface area contributed by atoms with Crippen molar-refractivity contribution >= 4 is 42.3 Å². The lowest BCUT2D eigenvalue weighted by Gasteiger charge is -2.35.